The van der Waals surface area contributed by atoms with Crippen molar-refractivity contribution in [3.8, 4) is 45.8 Å². The Morgan fingerprint density at radius 1 is 0.855 bits per heavy atom. The fourth-order valence-corrected chi connectivity index (χ4v) is 8.57. The van der Waals surface area contributed by atoms with Crippen molar-refractivity contribution in [2.75, 3.05) is 86.0 Å². The van der Waals surface area contributed by atoms with Gasteiger partial charge in [-0.1, -0.05) is 12.1 Å². The lowest BCUT2D eigenvalue weighted by Crippen LogP contribution is -2.40. The Morgan fingerprint density at radius 3 is 2.16 bits per heavy atom. The van der Waals surface area contributed by atoms with Gasteiger partial charge in [0.25, 0.3) is 0 Å². The summed E-state index contributed by atoms with van der Waals surface area (Å²) in [5, 5.41) is 74.4. The molecule has 18 heteroatoms. The third-order valence-electron chi connectivity index (χ3n) is 11.4. The fraction of sp³-hybridized carbons (Fsp3) is 0.386. The highest BCUT2D eigenvalue weighted by Gasteiger charge is 2.48. The van der Waals surface area contributed by atoms with E-state index in [0.29, 0.717) is 107 Å². The maximum Gasteiger partial charge on any atom is 0.307 e. The number of carbonyl (C=O) groups excluding carboxylic acids is 1. The minimum absolute atomic E-state index is 0.0367. The molecule has 5 aromatic rings. The maximum absolute atomic E-state index is 13.5. The van der Waals surface area contributed by atoms with Crippen molar-refractivity contribution in [1.29, 1.82) is 0 Å². The van der Waals surface area contributed by atoms with Gasteiger partial charge in [0, 0.05) is 67.8 Å². The quantitative estimate of drug-likeness (QED) is 0.0597. The number of nitrogens with zero attached hydrogens (tertiary/aromatic N) is 2. The highest BCUT2D eigenvalue weighted by Crippen LogP contribution is 2.54. The number of hydrogen-bond donors (Lipinski definition) is 9. The van der Waals surface area contributed by atoms with Gasteiger partial charge in [-0.2, -0.15) is 5.10 Å². The normalized spacial score (nSPS) is 18.1. The molecule has 0 fully saturated rings. The van der Waals surface area contributed by atoms with E-state index in [4.69, 9.17) is 39.0 Å². The molecule has 0 spiro atoms. The first-order chi connectivity index (χ1) is 30.1. The van der Waals surface area contributed by atoms with E-state index >= 15 is 0 Å². The first-order valence-electron chi connectivity index (χ1n) is 20.1. The molecular formula is C44H51N5O13. The highest BCUT2D eigenvalue weighted by molar-refractivity contribution is 6.28. The molecule has 0 saturated carbocycles. The van der Waals surface area contributed by atoms with Crippen LogP contribution in [0.2, 0.25) is 0 Å². The molecule has 0 radical (unpaired) electrons. The second kappa shape index (κ2) is 19.3. The molecule has 18 nitrogen and oxygen atoms in total. The summed E-state index contributed by atoms with van der Waals surface area (Å²) < 4.78 is 29.1. The molecule has 2 heterocycles. The number of aliphatic hydroxyl groups is 4. The molecule has 4 aromatic carbocycles. The smallest absolute Gasteiger partial charge is 0.307 e. The summed E-state index contributed by atoms with van der Waals surface area (Å²) >= 11 is 0. The maximum atomic E-state index is 13.5. The van der Waals surface area contributed by atoms with Gasteiger partial charge in [0.2, 0.25) is 12.5 Å². The van der Waals surface area contributed by atoms with E-state index in [0.717, 1.165) is 10.9 Å². The molecule has 0 saturated heterocycles. The summed E-state index contributed by atoms with van der Waals surface area (Å²) in [6, 6.07) is 15.6. The van der Waals surface area contributed by atoms with Gasteiger partial charge < -0.3 is 70.3 Å². The molecular weight excluding hydrogens is 807 g/mol. The van der Waals surface area contributed by atoms with Gasteiger partial charge in [-0.15, -0.1) is 0 Å². The number of rotatable bonds is 17. The van der Waals surface area contributed by atoms with Crippen molar-refractivity contribution in [2.45, 2.75) is 18.6 Å². The van der Waals surface area contributed by atoms with Crippen molar-refractivity contribution >= 4 is 28.3 Å². The second-order valence-electron chi connectivity index (χ2n) is 14.8. The molecule has 8 rings (SSSR count). The van der Waals surface area contributed by atoms with Crippen LogP contribution >= 0.6 is 0 Å². The Hall–Kier alpha value is -6.15. The number of ether oxygens (including phenoxy) is 5. The molecule has 0 bridgehead atoms. The number of aromatic hydroxyl groups is 1. The van der Waals surface area contributed by atoms with Gasteiger partial charge in [-0.05, 0) is 59.2 Å². The average Bonchev–Trinajstić information content (AvgIpc) is 3.90. The van der Waals surface area contributed by atoms with Crippen LogP contribution in [0, 0.1) is 11.8 Å². The van der Waals surface area contributed by atoms with E-state index < -0.39 is 36.4 Å². The van der Waals surface area contributed by atoms with E-state index in [1.165, 1.54) is 27.4 Å². The number of anilines is 1. The zero-order valence-electron chi connectivity index (χ0n) is 34.5. The number of aliphatic hydroxyl groups excluding tert-OH is 4. The van der Waals surface area contributed by atoms with Crippen molar-refractivity contribution in [3.63, 3.8) is 0 Å². The fourth-order valence-electron chi connectivity index (χ4n) is 8.57. The number of nitrogens with one attached hydrogen (secondary N) is 3. The van der Waals surface area contributed by atoms with Crippen LogP contribution in [0.4, 0.5) is 5.69 Å². The molecule has 1 aromatic heterocycles. The zero-order valence-corrected chi connectivity index (χ0v) is 34.5. The Labute approximate surface area is 356 Å². The topological polar surface area (TPSA) is 256 Å². The van der Waals surface area contributed by atoms with E-state index in [9.17, 15) is 30.0 Å². The summed E-state index contributed by atoms with van der Waals surface area (Å²) in [5.41, 5.74) is 5.27. The first kappa shape index (κ1) is 43.9. The number of phenols is 1. The van der Waals surface area contributed by atoms with Gasteiger partial charge in [0.1, 0.15) is 11.4 Å². The average molecular weight is 858 g/mol. The standard InChI is InChI=1S/C22H27N5O4.C22H24O9/c28-12-9-23-6-7-25-15-4-5-16-20-19(15)22(31)18-14(2-1-3-17(18)30)21(20)26-27(16)11-8-24-10-13-29;1-27-16-4-10(5-17(28-2)21(16)29-3)18-11-6-14-15(31-9-30-14)7-12(11)20(24)13(8-23)19(18)22(25)26/h1-5,23-25,28-30H,6-13H2;4-7,13,18-20,23-24H,8-9H2,1-3H3,(H,25,26)/t;13-,18+,19-,20-/m.0/s1. The molecule has 1 aliphatic heterocycles. The lowest BCUT2D eigenvalue weighted by atomic mass is 9.65. The molecule has 2 aliphatic carbocycles. The van der Waals surface area contributed by atoms with Crippen LogP contribution in [0.3, 0.4) is 0 Å². The molecule has 9 N–H and O–H groups in total. The minimum atomic E-state index is -1.19. The van der Waals surface area contributed by atoms with E-state index in [2.05, 4.69) is 16.0 Å². The molecule has 62 heavy (non-hydrogen) atoms. The minimum Gasteiger partial charge on any atom is -0.507 e. The lowest BCUT2D eigenvalue weighted by molar-refractivity contribution is -0.148. The Morgan fingerprint density at radius 2 is 1.53 bits per heavy atom. The number of hydrogen-bond acceptors (Lipinski definition) is 16. The third-order valence-corrected chi connectivity index (χ3v) is 11.4. The number of methoxy groups -OCH3 is 3. The number of phenolic OH excluding ortho intramolecular Hbond substituents is 1. The summed E-state index contributed by atoms with van der Waals surface area (Å²) in [5.74, 6) is -2.15. The number of fused-ring (bicyclic) bond motifs is 4. The molecule has 330 valence electrons. The van der Waals surface area contributed by atoms with Crippen LogP contribution in [0.25, 0.3) is 22.2 Å². The third kappa shape index (κ3) is 8.15. The van der Waals surface area contributed by atoms with Gasteiger partial charge in [0.15, 0.2) is 28.8 Å². The van der Waals surface area contributed by atoms with Gasteiger partial charge in [0.05, 0.1) is 69.8 Å². The second-order valence-corrected chi connectivity index (χ2v) is 14.8. The SMILES string of the molecule is COc1cc([C@@H]2c3cc4c(cc3[C@H](O)[C@@H](CO)[C@@H]2C(=O)O)OCO4)cc(OC)c1OC.O=C1c2c(O)cccc2-c2nn(CCNCCO)c3ccc(NCCNCCO)c1c23. The Kier molecular flexibility index (Phi) is 13.7. The molecule has 3 aliphatic rings. The van der Waals surface area contributed by atoms with Crippen LogP contribution < -0.4 is 39.6 Å². The van der Waals surface area contributed by atoms with E-state index in [1.54, 1.807) is 30.3 Å². The number of carboxylic acid groups (broad SMARTS) is 1. The summed E-state index contributed by atoms with van der Waals surface area (Å²) in [6.07, 6.45) is -1.19. The number of aliphatic carboxylic acids is 1. The Bertz CT molecular complexity index is 2410. The summed E-state index contributed by atoms with van der Waals surface area (Å²) in [4.78, 5) is 25.8. The Balaban J connectivity index is 0.000000186. The van der Waals surface area contributed by atoms with Crippen molar-refractivity contribution in [3.05, 3.63) is 82.4 Å². The van der Waals surface area contributed by atoms with E-state index in [-0.39, 0.29) is 37.1 Å². The van der Waals surface area contributed by atoms with Crippen LogP contribution in [-0.4, -0.2) is 133 Å². The predicted molar refractivity (Wildman–Crippen MR) is 226 cm³/mol. The van der Waals surface area contributed by atoms with E-state index in [1.807, 2.05) is 22.9 Å². The van der Waals surface area contributed by atoms with Crippen LogP contribution in [0.5, 0.6) is 34.5 Å². The summed E-state index contributed by atoms with van der Waals surface area (Å²) in [6.45, 7) is 3.10. The van der Waals surface area contributed by atoms with Crippen molar-refractivity contribution in [1.82, 2.24) is 20.4 Å². The van der Waals surface area contributed by atoms with Gasteiger partial charge >= 0.3 is 5.97 Å². The van der Waals surface area contributed by atoms with Crippen LogP contribution in [0.1, 0.15) is 44.6 Å². The monoisotopic (exact) mass is 857 g/mol. The van der Waals surface area contributed by atoms with Gasteiger partial charge in [-0.25, -0.2) is 0 Å². The largest absolute Gasteiger partial charge is 0.507 e. The molecule has 0 unspecified atom stereocenters. The number of benzene rings is 4. The number of aromatic nitrogens is 2. The molecule has 0 amide bonds. The number of carboxylic acids is 1. The first-order valence-corrected chi connectivity index (χ1v) is 20.1. The zero-order chi connectivity index (χ0) is 44.1. The van der Waals surface area contributed by atoms with Crippen molar-refractivity contribution in [2.24, 2.45) is 11.8 Å². The summed E-state index contributed by atoms with van der Waals surface area (Å²) in [7, 11) is 4.43. The van der Waals surface area contributed by atoms with Gasteiger partial charge in [-0.3, -0.25) is 14.3 Å². The number of ketones is 1. The highest BCUT2D eigenvalue weighted by atomic mass is 16.7. The van der Waals surface area contributed by atoms with Crippen molar-refractivity contribution < 1.29 is 63.9 Å². The number of carbonyl (C=O) groups is 2. The lowest BCUT2D eigenvalue weighted by Gasteiger charge is -2.40. The van der Waals surface area contributed by atoms with Crippen LogP contribution in [0.15, 0.2) is 54.6 Å². The van der Waals surface area contributed by atoms with Crippen LogP contribution in [-0.2, 0) is 11.3 Å². The molecule has 4 atom stereocenters. The predicted octanol–water partition coefficient (Wildman–Crippen LogP) is 2.46.